The molecule has 0 amide bonds. The molecule has 0 heterocycles. The molecule has 0 spiro atoms. The van der Waals surface area contributed by atoms with Crippen molar-refractivity contribution in [3.63, 3.8) is 0 Å². The Morgan fingerprint density at radius 2 is 1.71 bits per heavy atom. The summed E-state index contributed by atoms with van der Waals surface area (Å²) in [6, 6.07) is 0. The van der Waals surface area contributed by atoms with Crippen molar-refractivity contribution in [3.05, 3.63) is 11.1 Å². The number of nitrogens with zero attached hydrogens (tertiary/aromatic N) is 1. The molecule has 0 aromatic rings. The Hall–Kier alpha value is -0.830. The average molecular weight is 472 g/mol. The molecule has 0 aromatic heterocycles. The zero-order chi connectivity index (χ0) is 25.2. The number of rotatable bonds is 6. The van der Waals surface area contributed by atoms with Gasteiger partial charge in [0, 0.05) is 5.41 Å². The molecule has 2 fully saturated rings. The van der Waals surface area contributed by atoms with Gasteiger partial charge >= 0.3 is 0 Å². The van der Waals surface area contributed by atoms with Crippen LogP contribution in [0.2, 0.25) is 0 Å². The topological polar surface area (TPSA) is 41.8 Å². The van der Waals surface area contributed by atoms with E-state index in [2.05, 4.69) is 46.7 Å². The van der Waals surface area contributed by atoms with Crippen LogP contribution in [-0.2, 0) is 4.84 Å². The molecule has 34 heavy (non-hydrogen) atoms. The van der Waals surface area contributed by atoms with Crippen LogP contribution in [0.1, 0.15) is 126 Å². The van der Waals surface area contributed by atoms with E-state index in [4.69, 9.17) is 4.84 Å². The highest BCUT2D eigenvalue weighted by atomic mass is 16.6. The second-order valence-corrected chi connectivity index (χ2v) is 14.5. The van der Waals surface area contributed by atoms with E-state index in [0.717, 1.165) is 31.1 Å². The molecule has 3 nitrogen and oxygen atoms in total. The van der Waals surface area contributed by atoms with Crippen molar-refractivity contribution >= 4 is 5.71 Å². The minimum atomic E-state index is -0.534. The molecular weight excluding hydrogens is 418 g/mol. The summed E-state index contributed by atoms with van der Waals surface area (Å²) in [6.45, 7) is 19.2. The standard InChI is InChI=1S/C31H53NO2/c1-21(11-10-17-27(2,3)33)22-14-19-31(8)24-12-13-25-28(4,5)26(32-34-9)16-18-29(25,6)23(24)15-20-30(22,31)7/h21-22,25,33H,10-20H2,1-9H3/b32-26+/t21-,22-,25+,29-,30-,31+/m1/s1. The van der Waals surface area contributed by atoms with Crippen molar-refractivity contribution in [2.45, 2.75) is 132 Å². The summed E-state index contributed by atoms with van der Waals surface area (Å²) in [5, 5.41) is 14.7. The Morgan fingerprint density at radius 1 is 1.00 bits per heavy atom. The number of hydrogen-bond acceptors (Lipinski definition) is 3. The van der Waals surface area contributed by atoms with Crippen molar-refractivity contribution in [1.82, 2.24) is 0 Å². The van der Waals surface area contributed by atoms with Gasteiger partial charge in [-0.3, -0.25) is 0 Å². The van der Waals surface area contributed by atoms with Crippen molar-refractivity contribution in [2.75, 3.05) is 7.11 Å². The fourth-order valence-corrected chi connectivity index (χ4v) is 9.79. The van der Waals surface area contributed by atoms with Crippen molar-refractivity contribution in [2.24, 2.45) is 44.6 Å². The van der Waals surface area contributed by atoms with Crippen LogP contribution in [0, 0.1) is 39.4 Å². The lowest BCUT2D eigenvalue weighted by atomic mass is 9.43. The molecule has 0 aromatic carbocycles. The summed E-state index contributed by atoms with van der Waals surface area (Å²) in [5.41, 5.74) is 5.65. The van der Waals surface area contributed by atoms with Gasteiger partial charge in [-0.2, -0.15) is 0 Å². The minimum Gasteiger partial charge on any atom is -0.399 e. The molecule has 4 aliphatic carbocycles. The van der Waals surface area contributed by atoms with Crippen LogP contribution in [0.3, 0.4) is 0 Å². The van der Waals surface area contributed by atoms with Gasteiger partial charge in [0.15, 0.2) is 0 Å². The first-order chi connectivity index (χ1) is 15.7. The van der Waals surface area contributed by atoms with E-state index in [9.17, 15) is 5.11 Å². The van der Waals surface area contributed by atoms with Crippen LogP contribution in [0.15, 0.2) is 16.3 Å². The monoisotopic (exact) mass is 471 g/mol. The predicted octanol–water partition coefficient (Wildman–Crippen LogP) is 8.32. The van der Waals surface area contributed by atoms with E-state index in [1.807, 2.05) is 25.0 Å². The highest BCUT2D eigenvalue weighted by Gasteiger charge is 2.63. The first-order valence-electron chi connectivity index (χ1n) is 14.3. The largest absolute Gasteiger partial charge is 0.399 e. The smallest absolute Gasteiger partial charge is 0.106 e. The molecule has 2 saturated carbocycles. The van der Waals surface area contributed by atoms with Gasteiger partial charge in [0.1, 0.15) is 7.11 Å². The molecule has 0 unspecified atom stereocenters. The first-order valence-corrected chi connectivity index (χ1v) is 14.3. The minimum absolute atomic E-state index is 0.108. The lowest BCUT2D eigenvalue weighted by molar-refractivity contribution is 0.00747. The second kappa shape index (κ2) is 8.63. The maximum atomic E-state index is 10.2. The first kappa shape index (κ1) is 26.2. The van der Waals surface area contributed by atoms with Gasteiger partial charge in [0.25, 0.3) is 0 Å². The summed E-state index contributed by atoms with van der Waals surface area (Å²) >= 11 is 0. The van der Waals surface area contributed by atoms with Gasteiger partial charge in [0.2, 0.25) is 0 Å². The summed E-state index contributed by atoms with van der Waals surface area (Å²) in [4.78, 5) is 5.26. The maximum absolute atomic E-state index is 10.2. The van der Waals surface area contributed by atoms with Gasteiger partial charge < -0.3 is 9.94 Å². The van der Waals surface area contributed by atoms with E-state index in [1.54, 1.807) is 7.11 Å². The third kappa shape index (κ3) is 3.91. The Kier molecular flexibility index (Phi) is 6.66. The van der Waals surface area contributed by atoms with Crippen molar-refractivity contribution < 1.29 is 9.94 Å². The second-order valence-electron chi connectivity index (χ2n) is 14.5. The SMILES string of the molecule is CO/N=C1\CC[C@]2(C)C3=C(CC[C@H]2C1(C)C)[C@]1(C)CC[C@H]([C@H](C)CCCC(C)(C)O)[C@@]1(C)CC3. The number of oxime groups is 1. The van der Waals surface area contributed by atoms with Crippen LogP contribution in [0.25, 0.3) is 0 Å². The molecule has 4 aliphatic rings. The number of hydrogen-bond donors (Lipinski definition) is 1. The summed E-state index contributed by atoms with van der Waals surface area (Å²) < 4.78 is 0. The van der Waals surface area contributed by atoms with Crippen LogP contribution in [0.5, 0.6) is 0 Å². The lowest BCUT2D eigenvalue weighted by Gasteiger charge is -2.61. The Balaban J connectivity index is 1.61. The molecule has 6 atom stereocenters. The number of fused-ring (bicyclic) bond motifs is 4. The van der Waals surface area contributed by atoms with Crippen LogP contribution < -0.4 is 0 Å². The quantitative estimate of drug-likeness (QED) is 0.312. The Bertz CT molecular complexity index is 848. The third-order valence-corrected chi connectivity index (χ3v) is 11.9. The van der Waals surface area contributed by atoms with Crippen LogP contribution in [-0.4, -0.2) is 23.5 Å². The predicted molar refractivity (Wildman–Crippen MR) is 143 cm³/mol. The van der Waals surface area contributed by atoms with Gasteiger partial charge in [-0.25, -0.2) is 0 Å². The van der Waals surface area contributed by atoms with E-state index in [1.165, 1.54) is 57.1 Å². The van der Waals surface area contributed by atoms with Gasteiger partial charge in [0.05, 0.1) is 11.3 Å². The zero-order valence-electron chi connectivity index (χ0n) is 23.8. The molecule has 0 aliphatic heterocycles. The van der Waals surface area contributed by atoms with E-state index in [0.29, 0.717) is 22.2 Å². The molecule has 1 N–H and O–H groups in total. The molecule has 0 radical (unpaired) electrons. The fourth-order valence-electron chi connectivity index (χ4n) is 9.79. The lowest BCUT2D eigenvalue weighted by Crippen LogP contribution is -2.54. The molecule has 4 rings (SSSR count). The highest BCUT2D eigenvalue weighted by Crippen LogP contribution is 2.72. The molecular formula is C31H53NO2. The van der Waals surface area contributed by atoms with Gasteiger partial charge in [-0.1, -0.05) is 70.7 Å². The van der Waals surface area contributed by atoms with Gasteiger partial charge in [-0.05, 0) is 106 Å². The molecule has 194 valence electrons. The molecule has 3 heteroatoms. The zero-order valence-corrected chi connectivity index (χ0v) is 23.8. The average Bonchev–Trinajstić information content (AvgIpc) is 3.01. The fraction of sp³-hybridized carbons (Fsp3) is 0.903. The van der Waals surface area contributed by atoms with E-state index < -0.39 is 5.60 Å². The van der Waals surface area contributed by atoms with E-state index in [-0.39, 0.29) is 5.41 Å². The van der Waals surface area contributed by atoms with Gasteiger partial charge in [-0.15, -0.1) is 0 Å². The number of aliphatic hydroxyl groups is 1. The maximum Gasteiger partial charge on any atom is 0.106 e. The Morgan fingerprint density at radius 3 is 2.35 bits per heavy atom. The van der Waals surface area contributed by atoms with E-state index >= 15 is 0 Å². The van der Waals surface area contributed by atoms with Crippen LogP contribution in [0.4, 0.5) is 0 Å². The Labute approximate surface area is 210 Å². The normalized spacial score (nSPS) is 41.6. The van der Waals surface area contributed by atoms with Crippen molar-refractivity contribution in [1.29, 1.82) is 0 Å². The highest BCUT2D eigenvalue weighted by molar-refractivity contribution is 5.90. The third-order valence-electron chi connectivity index (χ3n) is 11.9. The molecule has 0 bridgehead atoms. The van der Waals surface area contributed by atoms with Crippen molar-refractivity contribution in [3.8, 4) is 0 Å². The van der Waals surface area contributed by atoms with Crippen LogP contribution >= 0.6 is 0 Å². The number of allylic oxidation sites excluding steroid dienone is 2. The summed E-state index contributed by atoms with van der Waals surface area (Å²) in [5.74, 6) is 2.21. The summed E-state index contributed by atoms with van der Waals surface area (Å²) in [6.07, 6.45) is 13.6. The summed E-state index contributed by atoms with van der Waals surface area (Å²) in [7, 11) is 1.70. The molecule has 0 saturated heterocycles.